The number of carbonyl (C=O) groups excluding carboxylic acids is 1. The van der Waals surface area contributed by atoms with Gasteiger partial charge in [-0.25, -0.2) is 0 Å². The summed E-state index contributed by atoms with van der Waals surface area (Å²) in [7, 11) is 1.84. The molecule has 1 aliphatic rings. The first-order valence-corrected chi connectivity index (χ1v) is 8.17. The van der Waals surface area contributed by atoms with Gasteiger partial charge in [0.25, 0.3) is 5.91 Å². The average molecular weight is 312 g/mol. The van der Waals surface area contributed by atoms with Crippen LogP contribution >= 0.6 is 0 Å². The number of rotatable bonds is 3. The molecule has 0 atom stereocenters. The minimum absolute atomic E-state index is 0.0931. The summed E-state index contributed by atoms with van der Waals surface area (Å²) in [6.45, 7) is 6.62. The summed E-state index contributed by atoms with van der Waals surface area (Å²) < 4.78 is 1.68. The molecular weight excluding hydrogens is 288 g/mol. The fraction of sp³-hybridized carbons (Fsp3) is 0.444. The molecule has 0 N–H and O–H groups in total. The van der Waals surface area contributed by atoms with Gasteiger partial charge in [0.1, 0.15) is 0 Å². The van der Waals surface area contributed by atoms with E-state index in [4.69, 9.17) is 0 Å². The van der Waals surface area contributed by atoms with E-state index in [0.29, 0.717) is 5.56 Å². The topological polar surface area (TPSA) is 41.4 Å². The van der Waals surface area contributed by atoms with Crippen molar-refractivity contribution in [1.82, 2.24) is 19.6 Å². The number of benzene rings is 1. The third-order valence-corrected chi connectivity index (χ3v) is 4.32. The molecule has 1 aromatic heterocycles. The Morgan fingerprint density at radius 3 is 2.83 bits per heavy atom. The van der Waals surface area contributed by atoms with Crippen LogP contribution in [0.5, 0.6) is 0 Å². The van der Waals surface area contributed by atoms with Crippen LogP contribution in [0.1, 0.15) is 27.9 Å². The molecule has 1 aromatic carbocycles. The largest absolute Gasteiger partial charge is 0.337 e. The van der Waals surface area contributed by atoms with E-state index < -0.39 is 0 Å². The van der Waals surface area contributed by atoms with Crippen LogP contribution in [0.15, 0.2) is 36.7 Å². The summed E-state index contributed by atoms with van der Waals surface area (Å²) in [4.78, 5) is 16.9. The SMILES string of the molecule is Cc1cccc(CN2CCCN(C(=O)c3cnn(C)c3)CC2)c1. The van der Waals surface area contributed by atoms with Gasteiger partial charge in [-0.2, -0.15) is 5.10 Å². The smallest absolute Gasteiger partial charge is 0.257 e. The molecule has 0 unspecified atom stereocenters. The number of carbonyl (C=O) groups is 1. The Balaban J connectivity index is 1.60. The summed E-state index contributed by atoms with van der Waals surface area (Å²) in [5, 5.41) is 4.09. The van der Waals surface area contributed by atoms with Crippen molar-refractivity contribution in [2.45, 2.75) is 19.9 Å². The van der Waals surface area contributed by atoms with Crippen LogP contribution in [0.2, 0.25) is 0 Å². The van der Waals surface area contributed by atoms with E-state index in [2.05, 4.69) is 41.2 Å². The van der Waals surface area contributed by atoms with Gasteiger partial charge in [-0.1, -0.05) is 29.8 Å². The van der Waals surface area contributed by atoms with Gasteiger partial charge < -0.3 is 4.90 Å². The first kappa shape index (κ1) is 15.7. The molecule has 2 aromatic rings. The van der Waals surface area contributed by atoms with E-state index >= 15 is 0 Å². The van der Waals surface area contributed by atoms with Crippen LogP contribution in [-0.2, 0) is 13.6 Å². The number of aryl methyl sites for hydroxylation is 2. The van der Waals surface area contributed by atoms with Crippen LogP contribution in [0, 0.1) is 6.92 Å². The van der Waals surface area contributed by atoms with Crippen molar-refractivity contribution in [2.24, 2.45) is 7.05 Å². The Morgan fingerprint density at radius 2 is 2.09 bits per heavy atom. The first-order valence-electron chi connectivity index (χ1n) is 8.17. The van der Waals surface area contributed by atoms with Crippen molar-refractivity contribution in [3.05, 3.63) is 53.3 Å². The maximum atomic E-state index is 12.5. The Hall–Kier alpha value is -2.14. The fourth-order valence-electron chi connectivity index (χ4n) is 3.12. The minimum atomic E-state index is 0.0931. The lowest BCUT2D eigenvalue weighted by molar-refractivity contribution is 0.0761. The van der Waals surface area contributed by atoms with Crippen LogP contribution in [0.25, 0.3) is 0 Å². The highest BCUT2D eigenvalue weighted by Crippen LogP contribution is 2.12. The van der Waals surface area contributed by atoms with Crippen molar-refractivity contribution >= 4 is 5.91 Å². The highest BCUT2D eigenvalue weighted by atomic mass is 16.2. The Bertz CT molecular complexity index is 679. The van der Waals surface area contributed by atoms with E-state index in [9.17, 15) is 4.79 Å². The molecule has 0 aliphatic carbocycles. The summed E-state index contributed by atoms with van der Waals surface area (Å²) in [6, 6.07) is 8.65. The maximum absolute atomic E-state index is 12.5. The fourth-order valence-corrected chi connectivity index (χ4v) is 3.12. The summed E-state index contributed by atoms with van der Waals surface area (Å²) in [5.74, 6) is 0.0931. The van der Waals surface area contributed by atoms with Gasteiger partial charge in [-0.15, -0.1) is 0 Å². The molecule has 3 rings (SSSR count). The summed E-state index contributed by atoms with van der Waals surface area (Å²) in [5.41, 5.74) is 3.32. The molecule has 122 valence electrons. The summed E-state index contributed by atoms with van der Waals surface area (Å²) in [6.07, 6.45) is 4.45. The zero-order valence-corrected chi connectivity index (χ0v) is 13.9. The van der Waals surface area contributed by atoms with Crippen LogP contribution < -0.4 is 0 Å². The van der Waals surface area contributed by atoms with Gasteiger partial charge in [-0.3, -0.25) is 14.4 Å². The molecule has 2 heterocycles. The molecule has 1 amide bonds. The van der Waals surface area contributed by atoms with E-state index in [1.165, 1.54) is 11.1 Å². The Morgan fingerprint density at radius 1 is 1.22 bits per heavy atom. The van der Waals surface area contributed by atoms with Gasteiger partial charge in [-0.05, 0) is 18.9 Å². The molecule has 0 spiro atoms. The first-order chi connectivity index (χ1) is 11.1. The van der Waals surface area contributed by atoms with Gasteiger partial charge in [0.05, 0.1) is 11.8 Å². The molecule has 1 aliphatic heterocycles. The number of hydrogen-bond acceptors (Lipinski definition) is 3. The Kier molecular flexibility index (Phi) is 4.76. The molecular formula is C18H24N4O. The minimum Gasteiger partial charge on any atom is -0.337 e. The molecule has 0 radical (unpaired) electrons. The predicted molar refractivity (Wildman–Crippen MR) is 90.2 cm³/mol. The van der Waals surface area contributed by atoms with Gasteiger partial charge >= 0.3 is 0 Å². The van der Waals surface area contributed by atoms with E-state index in [1.54, 1.807) is 17.1 Å². The van der Waals surface area contributed by atoms with Crippen LogP contribution in [-0.4, -0.2) is 51.7 Å². The standard InChI is InChI=1S/C18H24N4O/c1-15-5-3-6-16(11-15)13-21-7-4-8-22(10-9-21)18(23)17-12-19-20(2)14-17/h3,5-6,11-12,14H,4,7-10,13H2,1-2H3. The third kappa shape index (κ3) is 3.99. The number of nitrogens with zero attached hydrogens (tertiary/aromatic N) is 4. The second kappa shape index (κ2) is 6.96. The third-order valence-electron chi connectivity index (χ3n) is 4.32. The quantitative estimate of drug-likeness (QED) is 0.871. The van der Waals surface area contributed by atoms with Crippen molar-refractivity contribution in [2.75, 3.05) is 26.2 Å². The lowest BCUT2D eigenvalue weighted by Crippen LogP contribution is -2.35. The average Bonchev–Trinajstić information content (AvgIpc) is 2.82. The molecule has 1 fully saturated rings. The highest BCUT2D eigenvalue weighted by Gasteiger charge is 2.21. The molecule has 23 heavy (non-hydrogen) atoms. The molecule has 0 bridgehead atoms. The van der Waals surface area contributed by atoms with Crippen molar-refractivity contribution in [3.63, 3.8) is 0 Å². The van der Waals surface area contributed by atoms with E-state index in [0.717, 1.165) is 39.1 Å². The van der Waals surface area contributed by atoms with Crippen molar-refractivity contribution in [1.29, 1.82) is 0 Å². The normalized spacial score (nSPS) is 16.3. The van der Waals surface area contributed by atoms with E-state index in [1.807, 2.05) is 11.9 Å². The van der Waals surface area contributed by atoms with Gasteiger partial charge in [0.15, 0.2) is 0 Å². The number of hydrogen-bond donors (Lipinski definition) is 0. The number of amides is 1. The van der Waals surface area contributed by atoms with Gasteiger partial charge in [0, 0.05) is 46.0 Å². The highest BCUT2D eigenvalue weighted by molar-refractivity contribution is 5.93. The lowest BCUT2D eigenvalue weighted by Gasteiger charge is -2.21. The Labute approximate surface area is 137 Å². The molecule has 0 saturated carbocycles. The zero-order valence-electron chi connectivity index (χ0n) is 13.9. The second-order valence-electron chi connectivity index (χ2n) is 6.31. The van der Waals surface area contributed by atoms with Crippen molar-refractivity contribution in [3.8, 4) is 0 Å². The maximum Gasteiger partial charge on any atom is 0.257 e. The molecule has 5 nitrogen and oxygen atoms in total. The zero-order chi connectivity index (χ0) is 16.2. The van der Waals surface area contributed by atoms with Crippen LogP contribution in [0.3, 0.4) is 0 Å². The van der Waals surface area contributed by atoms with Gasteiger partial charge in [0.2, 0.25) is 0 Å². The lowest BCUT2D eigenvalue weighted by atomic mass is 10.1. The molecule has 5 heteroatoms. The second-order valence-corrected chi connectivity index (χ2v) is 6.31. The monoisotopic (exact) mass is 312 g/mol. The number of aromatic nitrogens is 2. The summed E-state index contributed by atoms with van der Waals surface area (Å²) >= 11 is 0. The van der Waals surface area contributed by atoms with E-state index in [-0.39, 0.29) is 5.91 Å². The van der Waals surface area contributed by atoms with Crippen molar-refractivity contribution < 1.29 is 4.79 Å². The molecule has 1 saturated heterocycles. The predicted octanol–water partition coefficient (Wildman–Crippen LogP) is 2.08. The van der Waals surface area contributed by atoms with Crippen LogP contribution in [0.4, 0.5) is 0 Å².